The summed E-state index contributed by atoms with van der Waals surface area (Å²) in [6, 6.07) is 15.8. The van der Waals surface area contributed by atoms with Crippen molar-refractivity contribution in [2.75, 3.05) is 17.2 Å². The van der Waals surface area contributed by atoms with Gasteiger partial charge in [-0.25, -0.2) is 0 Å². The van der Waals surface area contributed by atoms with Crippen LogP contribution in [0.2, 0.25) is 0 Å². The van der Waals surface area contributed by atoms with Crippen LogP contribution in [0.1, 0.15) is 30.1 Å². The molecule has 0 aromatic heterocycles. The Morgan fingerprint density at radius 2 is 1.44 bits per heavy atom. The molecule has 3 amide bonds. The number of hydrogen-bond acceptors (Lipinski definition) is 3. The van der Waals surface area contributed by atoms with Gasteiger partial charge in [-0.3, -0.25) is 14.4 Å². The smallest absolute Gasteiger partial charge is 0.251 e. The van der Waals surface area contributed by atoms with Gasteiger partial charge in [0.15, 0.2) is 0 Å². The van der Waals surface area contributed by atoms with Crippen LogP contribution in [-0.4, -0.2) is 24.3 Å². The molecule has 25 heavy (non-hydrogen) atoms. The topological polar surface area (TPSA) is 87.3 Å². The molecule has 2 aromatic rings. The van der Waals surface area contributed by atoms with E-state index in [1.54, 1.807) is 48.5 Å². The SMILES string of the molecule is CC(=O)Nc1ccc(NC(=O)CCCNC(=O)c2ccccc2)cc1. The molecule has 0 saturated carbocycles. The van der Waals surface area contributed by atoms with Crippen molar-refractivity contribution in [3.8, 4) is 0 Å². The zero-order valence-electron chi connectivity index (χ0n) is 14.0. The van der Waals surface area contributed by atoms with Crippen molar-refractivity contribution in [1.29, 1.82) is 0 Å². The summed E-state index contributed by atoms with van der Waals surface area (Å²) >= 11 is 0. The van der Waals surface area contributed by atoms with Crippen LogP contribution >= 0.6 is 0 Å². The van der Waals surface area contributed by atoms with Crippen LogP contribution in [-0.2, 0) is 9.59 Å². The Morgan fingerprint density at radius 1 is 0.840 bits per heavy atom. The number of nitrogens with one attached hydrogen (secondary N) is 3. The highest BCUT2D eigenvalue weighted by atomic mass is 16.2. The third-order valence-corrected chi connectivity index (χ3v) is 3.39. The van der Waals surface area contributed by atoms with Gasteiger partial charge in [0, 0.05) is 36.8 Å². The van der Waals surface area contributed by atoms with Gasteiger partial charge in [0.2, 0.25) is 11.8 Å². The molecule has 0 aliphatic rings. The number of rotatable bonds is 7. The van der Waals surface area contributed by atoms with Gasteiger partial charge >= 0.3 is 0 Å². The lowest BCUT2D eigenvalue weighted by Crippen LogP contribution is -2.25. The zero-order valence-corrected chi connectivity index (χ0v) is 14.0. The van der Waals surface area contributed by atoms with Crippen molar-refractivity contribution in [2.24, 2.45) is 0 Å². The van der Waals surface area contributed by atoms with E-state index in [2.05, 4.69) is 16.0 Å². The Hall–Kier alpha value is -3.15. The fraction of sp³-hybridized carbons (Fsp3) is 0.211. The van der Waals surface area contributed by atoms with E-state index in [1.165, 1.54) is 6.92 Å². The second-order valence-electron chi connectivity index (χ2n) is 5.53. The summed E-state index contributed by atoms with van der Waals surface area (Å²) in [6.45, 7) is 1.87. The van der Waals surface area contributed by atoms with E-state index in [1.807, 2.05) is 6.07 Å². The quantitative estimate of drug-likeness (QED) is 0.678. The molecule has 0 unspecified atom stereocenters. The predicted octanol–water partition coefficient (Wildman–Crippen LogP) is 2.79. The average molecular weight is 339 g/mol. The molecular weight excluding hydrogens is 318 g/mol. The molecule has 0 heterocycles. The molecule has 2 aromatic carbocycles. The van der Waals surface area contributed by atoms with E-state index in [0.717, 1.165) is 0 Å². The Balaban J connectivity index is 1.68. The highest BCUT2D eigenvalue weighted by Gasteiger charge is 2.06. The molecule has 0 spiro atoms. The van der Waals surface area contributed by atoms with Crippen LogP contribution in [0.3, 0.4) is 0 Å². The van der Waals surface area contributed by atoms with Gasteiger partial charge < -0.3 is 16.0 Å². The largest absolute Gasteiger partial charge is 0.352 e. The Morgan fingerprint density at radius 3 is 2.04 bits per heavy atom. The summed E-state index contributed by atoms with van der Waals surface area (Å²) in [5, 5.41) is 8.22. The first-order chi connectivity index (χ1) is 12.0. The van der Waals surface area contributed by atoms with Crippen LogP contribution in [0.25, 0.3) is 0 Å². The summed E-state index contributed by atoms with van der Waals surface area (Å²) < 4.78 is 0. The first-order valence-corrected chi connectivity index (χ1v) is 8.05. The highest BCUT2D eigenvalue weighted by Crippen LogP contribution is 2.13. The lowest BCUT2D eigenvalue weighted by Gasteiger charge is -2.08. The monoisotopic (exact) mass is 339 g/mol. The summed E-state index contributed by atoms with van der Waals surface area (Å²) in [7, 11) is 0. The van der Waals surface area contributed by atoms with E-state index in [0.29, 0.717) is 36.3 Å². The third kappa shape index (κ3) is 6.47. The number of carbonyl (C=O) groups is 3. The van der Waals surface area contributed by atoms with Gasteiger partial charge in [-0.1, -0.05) is 18.2 Å². The Bertz CT molecular complexity index is 727. The van der Waals surface area contributed by atoms with Crippen LogP contribution in [0.15, 0.2) is 54.6 Å². The maximum atomic E-state index is 11.9. The molecule has 2 rings (SSSR count). The predicted molar refractivity (Wildman–Crippen MR) is 97.4 cm³/mol. The molecule has 6 nitrogen and oxygen atoms in total. The van der Waals surface area contributed by atoms with Crippen molar-refractivity contribution in [2.45, 2.75) is 19.8 Å². The third-order valence-electron chi connectivity index (χ3n) is 3.39. The van der Waals surface area contributed by atoms with E-state index in [-0.39, 0.29) is 17.7 Å². The lowest BCUT2D eigenvalue weighted by molar-refractivity contribution is -0.116. The normalized spacial score (nSPS) is 9.96. The van der Waals surface area contributed by atoms with Gasteiger partial charge in [0.25, 0.3) is 5.91 Å². The molecule has 0 bridgehead atoms. The summed E-state index contributed by atoms with van der Waals surface area (Å²) in [5.41, 5.74) is 1.94. The van der Waals surface area contributed by atoms with E-state index < -0.39 is 0 Å². The van der Waals surface area contributed by atoms with Gasteiger partial charge in [-0.2, -0.15) is 0 Å². The summed E-state index contributed by atoms with van der Waals surface area (Å²) in [4.78, 5) is 34.7. The molecule has 3 N–H and O–H groups in total. The molecular formula is C19H21N3O3. The lowest BCUT2D eigenvalue weighted by atomic mass is 10.2. The fourth-order valence-corrected chi connectivity index (χ4v) is 2.21. The van der Waals surface area contributed by atoms with Crippen molar-refractivity contribution in [1.82, 2.24) is 5.32 Å². The van der Waals surface area contributed by atoms with Crippen LogP contribution in [0.4, 0.5) is 11.4 Å². The highest BCUT2D eigenvalue weighted by molar-refractivity contribution is 5.94. The van der Waals surface area contributed by atoms with Crippen LogP contribution < -0.4 is 16.0 Å². The zero-order chi connectivity index (χ0) is 18.1. The number of carbonyl (C=O) groups excluding carboxylic acids is 3. The second kappa shape index (κ2) is 9.22. The number of amides is 3. The molecule has 0 aliphatic carbocycles. The number of benzene rings is 2. The Labute approximate surface area is 146 Å². The van der Waals surface area contributed by atoms with E-state index in [9.17, 15) is 14.4 Å². The molecule has 0 fully saturated rings. The van der Waals surface area contributed by atoms with Gasteiger partial charge in [0.05, 0.1) is 0 Å². The first-order valence-electron chi connectivity index (χ1n) is 8.05. The van der Waals surface area contributed by atoms with Crippen molar-refractivity contribution in [3.05, 3.63) is 60.2 Å². The van der Waals surface area contributed by atoms with Crippen molar-refractivity contribution < 1.29 is 14.4 Å². The molecule has 0 atom stereocenters. The maximum Gasteiger partial charge on any atom is 0.251 e. The maximum absolute atomic E-state index is 11.9. The first kappa shape index (κ1) is 18.2. The number of hydrogen-bond donors (Lipinski definition) is 3. The minimum absolute atomic E-state index is 0.124. The van der Waals surface area contributed by atoms with Crippen LogP contribution in [0.5, 0.6) is 0 Å². The van der Waals surface area contributed by atoms with Crippen LogP contribution in [0, 0.1) is 0 Å². The van der Waals surface area contributed by atoms with Gasteiger partial charge in [-0.15, -0.1) is 0 Å². The number of anilines is 2. The second-order valence-corrected chi connectivity index (χ2v) is 5.53. The summed E-state index contributed by atoms with van der Waals surface area (Å²) in [6.07, 6.45) is 0.858. The molecule has 130 valence electrons. The standard InChI is InChI=1S/C19H21N3O3/c1-14(23)21-16-9-11-17(12-10-16)22-18(24)8-5-13-20-19(25)15-6-3-2-4-7-15/h2-4,6-7,9-12H,5,8,13H2,1H3,(H,20,25)(H,21,23)(H,22,24). The fourth-order valence-electron chi connectivity index (χ4n) is 2.21. The van der Waals surface area contributed by atoms with Gasteiger partial charge in [-0.05, 0) is 42.8 Å². The summed E-state index contributed by atoms with van der Waals surface area (Å²) in [5.74, 6) is -0.412. The van der Waals surface area contributed by atoms with Crippen molar-refractivity contribution in [3.63, 3.8) is 0 Å². The van der Waals surface area contributed by atoms with Gasteiger partial charge in [0.1, 0.15) is 0 Å². The average Bonchev–Trinajstić information content (AvgIpc) is 2.60. The minimum Gasteiger partial charge on any atom is -0.352 e. The molecule has 6 heteroatoms. The minimum atomic E-state index is -0.144. The van der Waals surface area contributed by atoms with E-state index in [4.69, 9.17) is 0 Å². The molecule has 0 radical (unpaired) electrons. The van der Waals surface area contributed by atoms with Crippen molar-refractivity contribution >= 4 is 29.1 Å². The van der Waals surface area contributed by atoms with E-state index >= 15 is 0 Å². The molecule has 0 aliphatic heterocycles. The molecule has 0 saturated heterocycles. The Kier molecular flexibility index (Phi) is 6.71.